The number of carbonyl (C=O) groups excluding carboxylic acids is 1. The maximum Gasteiger partial charge on any atom is 0.327 e. The van der Waals surface area contributed by atoms with Crippen molar-refractivity contribution in [3.63, 3.8) is 0 Å². The lowest BCUT2D eigenvalue weighted by Gasteiger charge is -2.29. The third-order valence-electron chi connectivity index (χ3n) is 4.57. The summed E-state index contributed by atoms with van der Waals surface area (Å²) in [5.41, 5.74) is 0. The van der Waals surface area contributed by atoms with Gasteiger partial charge in [-0.25, -0.2) is 4.79 Å². The van der Waals surface area contributed by atoms with Gasteiger partial charge in [0.25, 0.3) is 0 Å². The van der Waals surface area contributed by atoms with Gasteiger partial charge in [0, 0.05) is 11.7 Å². The molecular weight excluding hydrogens is 250 g/mol. The number of hydrogen-bond donors (Lipinski definition) is 1. The fourth-order valence-corrected chi connectivity index (χ4v) is 4.85. The lowest BCUT2D eigenvalue weighted by atomic mass is 10.0. The number of amides is 1. The summed E-state index contributed by atoms with van der Waals surface area (Å²) in [7, 11) is 0. The first kappa shape index (κ1) is 12.3. The summed E-state index contributed by atoms with van der Waals surface area (Å²) in [6.45, 7) is 2.02. The molecule has 1 saturated heterocycles. The second-order valence-corrected chi connectivity index (χ2v) is 6.93. The van der Waals surface area contributed by atoms with Crippen molar-refractivity contribution in [3.05, 3.63) is 0 Å². The molecule has 4 unspecified atom stereocenters. The van der Waals surface area contributed by atoms with Gasteiger partial charge in [-0.3, -0.25) is 4.79 Å². The molecule has 4 atom stereocenters. The number of carbonyl (C=O) groups is 2. The van der Waals surface area contributed by atoms with Gasteiger partial charge in [0.2, 0.25) is 5.91 Å². The fraction of sp³-hybridized carbons (Fsp3) is 0.846. The van der Waals surface area contributed by atoms with Crippen molar-refractivity contribution in [2.24, 2.45) is 17.8 Å². The van der Waals surface area contributed by atoms with Gasteiger partial charge < -0.3 is 10.0 Å². The quantitative estimate of drug-likeness (QED) is 0.848. The van der Waals surface area contributed by atoms with Crippen LogP contribution >= 0.6 is 11.8 Å². The Morgan fingerprint density at radius 2 is 1.94 bits per heavy atom. The van der Waals surface area contributed by atoms with Gasteiger partial charge in [0.1, 0.15) is 6.04 Å². The molecule has 4 nitrogen and oxygen atoms in total. The average Bonchev–Trinajstić information content (AvgIpc) is 2.81. The zero-order valence-corrected chi connectivity index (χ0v) is 11.4. The number of hydrogen-bond acceptors (Lipinski definition) is 3. The summed E-state index contributed by atoms with van der Waals surface area (Å²) < 4.78 is 0. The Kier molecular flexibility index (Phi) is 3.04. The van der Waals surface area contributed by atoms with Crippen LogP contribution in [0.4, 0.5) is 0 Å². The summed E-state index contributed by atoms with van der Waals surface area (Å²) in [5.74, 6) is 1.42. The van der Waals surface area contributed by atoms with Crippen LogP contribution in [0.25, 0.3) is 0 Å². The highest BCUT2D eigenvalue weighted by Gasteiger charge is 2.51. The molecule has 18 heavy (non-hydrogen) atoms. The summed E-state index contributed by atoms with van der Waals surface area (Å²) in [4.78, 5) is 25.5. The van der Waals surface area contributed by atoms with Crippen LogP contribution in [-0.4, -0.2) is 39.1 Å². The van der Waals surface area contributed by atoms with E-state index in [-0.39, 0.29) is 17.2 Å². The van der Waals surface area contributed by atoms with Gasteiger partial charge in [-0.15, -0.1) is 11.8 Å². The lowest BCUT2D eigenvalue weighted by Crippen LogP contribution is -2.47. The monoisotopic (exact) mass is 269 g/mol. The third kappa shape index (κ3) is 1.92. The largest absolute Gasteiger partial charge is 0.480 e. The van der Waals surface area contributed by atoms with Crippen molar-refractivity contribution in [1.29, 1.82) is 0 Å². The molecule has 1 aliphatic heterocycles. The standard InChI is InChI=1S/C13H19NO3S/c1-2-11-14(10(6-18-11)13(16)17)12(15)9-4-7-3-8(7)5-9/h7-11H,2-6H2,1H3,(H,16,17). The Morgan fingerprint density at radius 1 is 1.28 bits per heavy atom. The van der Waals surface area contributed by atoms with Crippen molar-refractivity contribution in [1.82, 2.24) is 4.90 Å². The van der Waals surface area contributed by atoms with Gasteiger partial charge in [-0.05, 0) is 37.5 Å². The van der Waals surface area contributed by atoms with E-state index in [0.717, 1.165) is 31.1 Å². The summed E-state index contributed by atoms with van der Waals surface area (Å²) in [6.07, 6.45) is 4.11. The van der Waals surface area contributed by atoms with Crippen molar-refractivity contribution >= 4 is 23.6 Å². The van der Waals surface area contributed by atoms with Crippen LogP contribution in [0.5, 0.6) is 0 Å². The highest BCUT2D eigenvalue weighted by molar-refractivity contribution is 8.00. The molecule has 0 aromatic rings. The van der Waals surface area contributed by atoms with E-state index in [2.05, 4.69) is 0 Å². The van der Waals surface area contributed by atoms with Crippen LogP contribution in [0, 0.1) is 17.8 Å². The minimum absolute atomic E-state index is 0.0653. The van der Waals surface area contributed by atoms with E-state index in [4.69, 9.17) is 0 Å². The Balaban J connectivity index is 1.74. The first-order valence-electron chi connectivity index (χ1n) is 6.78. The number of rotatable bonds is 3. The zero-order valence-electron chi connectivity index (χ0n) is 10.5. The minimum atomic E-state index is -0.852. The number of carboxylic acids is 1. The number of nitrogens with zero attached hydrogens (tertiary/aromatic N) is 1. The first-order valence-corrected chi connectivity index (χ1v) is 7.83. The fourth-order valence-electron chi connectivity index (χ4n) is 3.49. The van der Waals surface area contributed by atoms with E-state index in [9.17, 15) is 14.7 Å². The van der Waals surface area contributed by atoms with Gasteiger partial charge in [-0.1, -0.05) is 6.92 Å². The lowest BCUT2D eigenvalue weighted by molar-refractivity contribution is -0.151. The van der Waals surface area contributed by atoms with Crippen molar-refractivity contribution in [2.45, 2.75) is 44.0 Å². The molecule has 3 aliphatic rings. The molecule has 0 radical (unpaired) electrons. The van der Waals surface area contributed by atoms with Crippen molar-refractivity contribution in [3.8, 4) is 0 Å². The van der Waals surface area contributed by atoms with Gasteiger partial charge >= 0.3 is 5.97 Å². The van der Waals surface area contributed by atoms with Crippen LogP contribution in [0.3, 0.4) is 0 Å². The molecule has 0 aromatic heterocycles. The number of aliphatic carboxylic acids is 1. The molecule has 3 rings (SSSR count). The van der Waals surface area contributed by atoms with Crippen LogP contribution in [-0.2, 0) is 9.59 Å². The minimum Gasteiger partial charge on any atom is -0.480 e. The van der Waals surface area contributed by atoms with Crippen LogP contribution in [0.15, 0.2) is 0 Å². The van der Waals surface area contributed by atoms with E-state index < -0.39 is 12.0 Å². The molecule has 0 spiro atoms. The highest BCUT2D eigenvalue weighted by atomic mass is 32.2. The van der Waals surface area contributed by atoms with E-state index >= 15 is 0 Å². The molecule has 2 saturated carbocycles. The number of thioether (sulfide) groups is 1. The maximum atomic E-state index is 12.5. The third-order valence-corrected chi connectivity index (χ3v) is 6.03. The summed E-state index contributed by atoms with van der Waals surface area (Å²) >= 11 is 1.61. The molecule has 3 fully saturated rings. The second kappa shape index (κ2) is 4.44. The number of fused-ring (bicyclic) bond motifs is 1. The molecule has 2 aliphatic carbocycles. The molecule has 1 N–H and O–H groups in total. The molecular formula is C13H19NO3S. The van der Waals surface area contributed by atoms with E-state index in [1.165, 1.54) is 6.42 Å². The molecule has 1 amide bonds. The molecule has 100 valence electrons. The maximum absolute atomic E-state index is 12.5. The average molecular weight is 269 g/mol. The van der Waals surface area contributed by atoms with E-state index in [0.29, 0.717) is 5.75 Å². The molecule has 0 bridgehead atoms. The van der Waals surface area contributed by atoms with Gasteiger partial charge in [-0.2, -0.15) is 0 Å². The predicted octanol–water partition coefficient (Wildman–Crippen LogP) is 1.80. The second-order valence-electron chi connectivity index (χ2n) is 5.72. The smallest absolute Gasteiger partial charge is 0.327 e. The summed E-state index contributed by atoms with van der Waals surface area (Å²) in [6, 6.07) is -0.607. The van der Waals surface area contributed by atoms with Crippen LogP contribution < -0.4 is 0 Å². The topological polar surface area (TPSA) is 57.6 Å². The van der Waals surface area contributed by atoms with Gasteiger partial charge in [0.05, 0.1) is 5.37 Å². The van der Waals surface area contributed by atoms with Crippen LogP contribution in [0.1, 0.15) is 32.6 Å². The van der Waals surface area contributed by atoms with E-state index in [1.54, 1.807) is 16.7 Å². The molecule has 0 aromatic carbocycles. The van der Waals surface area contributed by atoms with Crippen molar-refractivity contribution in [2.75, 3.05) is 5.75 Å². The predicted molar refractivity (Wildman–Crippen MR) is 69.1 cm³/mol. The molecule has 5 heteroatoms. The first-order chi connectivity index (χ1) is 8.61. The Morgan fingerprint density at radius 3 is 2.50 bits per heavy atom. The van der Waals surface area contributed by atoms with Crippen LogP contribution in [0.2, 0.25) is 0 Å². The number of carboxylic acid groups (broad SMARTS) is 1. The highest BCUT2D eigenvalue weighted by Crippen LogP contribution is 2.55. The zero-order chi connectivity index (χ0) is 12.9. The molecule has 1 heterocycles. The Bertz CT molecular complexity index is 376. The normalized spacial score (nSPS) is 41.8. The Labute approximate surface area is 111 Å². The Hall–Kier alpha value is -0.710. The van der Waals surface area contributed by atoms with Crippen molar-refractivity contribution < 1.29 is 14.7 Å². The summed E-state index contributed by atoms with van der Waals surface area (Å²) in [5, 5.41) is 9.31. The SMILES string of the molecule is CCC1SCC(C(=O)O)N1C(=O)C1CC2CC2C1. The van der Waals surface area contributed by atoms with Gasteiger partial charge in [0.15, 0.2) is 0 Å². The van der Waals surface area contributed by atoms with E-state index in [1.807, 2.05) is 6.92 Å².